The fourth-order valence-electron chi connectivity index (χ4n) is 1.81. The lowest BCUT2D eigenvalue weighted by molar-refractivity contribution is 0.274. The van der Waals surface area contributed by atoms with Crippen molar-refractivity contribution in [3.8, 4) is 5.75 Å². The largest absolute Gasteiger partial charge is 0.496 e. The number of hydrogen-bond acceptors (Lipinski definition) is 2. The Morgan fingerprint density at radius 2 is 1.79 bits per heavy atom. The molecule has 1 rings (SSSR count). The van der Waals surface area contributed by atoms with Crippen molar-refractivity contribution in [1.29, 1.82) is 0 Å². The van der Waals surface area contributed by atoms with E-state index in [0.29, 0.717) is 6.61 Å². The molecule has 0 aliphatic carbocycles. The Hall–Kier alpha value is -0.803. The Labute approximate surface area is 119 Å². The van der Waals surface area contributed by atoms with Gasteiger partial charge in [-0.1, -0.05) is 39.8 Å². The van der Waals surface area contributed by atoms with E-state index in [1.54, 1.807) is 7.11 Å². The van der Waals surface area contributed by atoms with Gasteiger partial charge in [0.25, 0.3) is 0 Å². The molecule has 0 aliphatic rings. The molecule has 1 aromatic rings. The molecule has 0 amide bonds. The van der Waals surface area contributed by atoms with Gasteiger partial charge in [0, 0.05) is 0 Å². The van der Waals surface area contributed by atoms with Gasteiger partial charge in [-0.3, -0.25) is 0 Å². The lowest BCUT2D eigenvalue weighted by Crippen LogP contribution is -2.40. The second-order valence-electron chi connectivity index (χ2n) is 6.50. The number of methoxy groups -OCH3 is 1. The van der Waals surface area contributed by atoms with Gasteiger partial charge < -0.3 is 9.16 Å². The average Bonchev–Trinajstić information content (AvgIpc) is 2.34. The third kappa shape index (κ3) is 3.83. The standard InChI is InChI=1S/C16H28O2Si/c1-8-14-13(10-9-11-15(14)17-5)12-18-19(6,7)16(2,3)4/h9-11H,8,12H2,1-7H3. The summed E-state index contributed by atoms with van der Waals surface area (Å²) in [7, 11) is 0.0374. The highest BCUT2D eigenvalue weighted by Crippen LogP contribution is 2.37. The van der Waals surface area contributed by atoms with Crippen LogP contribution in [-0.4, -0.2) is 15.4 Å². The zero-order chi connectivity index (χ0) is 14.7. The van der Waals surface area contributed by atoms with Crippen molar-refractivity contribution >= 4 is 8.32 Å². The fraction of sp³-hybridized carbons (Fsp3) is 0.625. The first-order valence-corrected chi connectivity index (χ1v) is 9.92. The molecule has 19 heavy (non-hydrogen) atoms. The molecule has 0 radical (unpaired) electrons. The van der Waals surface area contributed by atoms with Crippen LogP contribution in [0.4, 0.5) is 0 Å². The molecule has 0 aromatic heterocycles. The van der Waals surface area contributed by atoms with E-state index in [1.165, 1.54) is 11.1 Å². The van der Waals surface area contributed by atoms with Gasteiger partial charge in [0.15, 0.2) is 8.32 Å². The Balaban J connectivity index is 2.90. The summed E-state index contributed by atoms with van der Waals surface area (Å²) >= 11 is 0. The monoisotopic (exact) mass is 280 g/mol. The van der Waals surface area contributed by atoms with E-state index in [-0.39, 0.29) is 5.04 Å². The van der Waals surface area contributed by atoms with Gasteiger partial charge in [0.1, 0.15) is 5.75 Å². The average molecular weight is 280 g/mol. The van der Waals surface area contributed by atoms with Crippen LogP contribution in [0.5, 0.6) is 5.75 Å². The van der Waals surface area contributed by atoms with Crippen LogP contribution < -0.4 is 4.74 Å². The van der Waals surface area contributed by atoms with E-state index in [4.69, 9.17) is 9.16 Å². The van der Waals surface area contributed by atoms with Crippen LogP contribution >= 0.6 is 0 Å². The Morgan fingerprint density at radius 1 is 1.16 bits per heavy atom. The lowest BCUT2D eigenvalue weighted by Gasteiger charge is -2.36. The molecule has 2 nitrogen and oxygen atoms in total. The highest BCUT2D eigenvalue weighted by atomic mass is 28.4. The van der Waals surface area contributed by atoms with E-state index in [1.807, 2.05) is 12.1 Å². The van der Waals surface area contributed by atoms with Crippen LogP contribution in [-0.2, 0) is 17.5 Å². The summed E-state index contributed by atoms with van der Waals surface area (Å²) in [5.41, 5.74) is 2.52. The van der Waals surface area contributed by atoms with E-state index in [9.17, 15) is 0 Å². The summed E-state index contributed by atoms with van der Waals surface area (Å²) in [5.74, 6) is 0.971. The maximum absolute atomic E-state index is 6.31. The van der Waals surface area contributed by atoms with Crippen LogP contribution in [0.15, 0.2) is 18.2 Å². The van der Waals surface area contributed by atoms with Crippen molar-refractivity contribution < 1.29 is 9.16 Å². The first kappa shape index (κ1) is 16.3. The number of hydrogen-bond donors (Lipinski definition) is 0. The van der Waals surface area contributed by atoms with Crippen LogP contribution in [0, 0.1) is 0 Å². The van der Waals surface area contributed by atoms with Crippen molar-refractivity contribution in [1.82, 2.24) is 0 Å². The van der Waals surface area contributed by atoms with Gasteiger partial charge >= 0.3 is 0 Å². The Morgan fingerprint density at radius 3 is 2.26 bits per heavy atom. The fourth-order valence-corrected chi connectivity index (χ4v) is 2.76. The minimum Gasteiger partial charge on any atom is -0.496 e. The third-order valence-electron chi connectivity index (χ3n) is 4.20. The highest BCUT2D eigenvalue weighted by molar-refractivity contribution is 6.74. The second kappa shape index (κ2) is 6.10. The van der Waals surface area contributed by atoms with Gasteiger partial charge in [-0.2, -0.15) is 0 Å². The van der Waals surface area contributed by atoms with Crippen molar-refractivity contribution in [3.05, 3.63) is 29.3 Å². The maximum atomic E-state index is 6.31. The van der Waals surface area contributed by atoms with Gasteiger partial charge in [-0.05, 0) is 41.7 Å². The molecule has 1 aromatic carbocycles. The summed E-state index contributed by atoms with van der Waals surface area (Å²) in [6.07, 6.45) is 0.972. The SMILES string of the molecule is CCc1c(CO[Si](C)(C)C(C)(C)C)cccc1OC. The predicted molar refractivity (Wildman–Crippen MR) is 84.4 cm³/mol. The first-order chi connectivity index (χ1) is 8.73. The molecule has 108 valence electrons. The number of benzene rings is 1. The molecule has 0 saturated carbocycles. The highest BCUT2D eigenvalue weighted by Gasteiger charge is 2.37. The summed E-state index contributed by atoms with van der Waals surface area (Å²) in [6.45, 7) is 14.2. The normalized spacial score (nSPS) is 12.6. The molecule has 0 atom stereocenters. The van der Waals surface area contributed by atoms with Crippen LogP contribution in [0.2, 0.25) is 18.1 Å². The van der Waals surface area contributed by atoms with E-state index >= 15 is 0 Å². The minimum atomic E-state index is -1.69. The molecule has 0 saturated heterocycles. The molecule has 3 heteroatoms. The van der Waals surface area contributed by atoms with Crippen molar-refractivity contribution in [2.45, 2.75) is 58.9 Å². The van der Waals surface area contributed by atoms with Crippen LogP contribution in [0.25, 0.3) is 0 Å². The van der Waals surface area contributed by atoms with E-state index < -0.39 is 8.32 Å². The Kier molecular flexibility index (Phi) is 5.22. The van der Waals surface area contributed by atoms with E-state index in [0.717, 1.165) is 12.2 Å². The molecular formula is C16H28O2Si. The molecule has 0 bridgehead atoms. The lowest BCUT2D eigenvalue weighted by atomic mass is 10.0. The van der Waals surface area contributed by atoms with Gasteiger partial charge in [0.05, 0.1) is 13.7 Å². The molecule has 0 unspecified atom stereocenters. The molecule has 0 heterocycles. The number of ether oxygens (including phenoxy) is 1. The zero-order valence-corrected chi connectivity index (χ0v) is 14.5. The van der Waals surface area contributed by atoms with E-state index in [2.05, 4.69) is 46.9 Å². The van der Waals surface area contributed by atoms with Gasteiger partial charge in [-0.25, -0.2) is 0 Å². The van der Waals surface area contributed by atoms with Crippen molar-refractivity contribution in [2.24, 2.45) is 0 Å². The Bertz CT molecular complexity index is 419. The summed E-state index contributed by atoms with van der Waals surface area (Å²) in [6, 6.07) is 6.21. The summed E-state index contributed by atoms with van der Waals surface area (Å²) in [5, 5.41) is 0.248. The summed E-state index contributed by atoms with van der Waals surface area (Å²) < 4.78 is 11.7. The maximum Gasteiger partial charge on any atom is 0.192 e. The smallest absolute Gasteiger partial charge is 0.192 e. The van der Waals surface area contributed by atoms with Crippen molar-refractivity contribution in [2.75, 3.05) is 7.11 Å². The topological polar surface area (TPSA) is 18.5 Å². The minimum absolute atomic E-state index is 0.248. The van der Waals surface area contributed by atoms with Gasteiger partial charge in [0.2, 0.25) is 0 Å². The molecular weight excluding hydrogens is 252 g/mol. The van der Waals surface area contributed by atoms with Gasteiger partial charge in [-0.15, -0.1) is 0 Å². The zero-order valence-electron chi connectivity index (χ0n) is 13.5. The first-order valence-electron chi connectivity index (χ1n) is 7.01. The second-order valence-corrected chi connectivity index (χ2v) is 11.3. The summed E-state index contributed by atoms with van der Waals surface area (Å²) in [4.78, 5) is 0. The number of rotatable bonds is 5. The molecule has 0 N–H and O–H groups in total. The van der Waals surface area contributed by atoms with Crippen molar-refractivity contribution in [3.63, 3.8) is 0 Å². The predicted octanol–water partition coefficient (Wildman–Crippen LogP) is 4.78. The third-order valence-corrected chi connectivity index (χ3v) is 8.68. The van der Waals surface area contributed by atoms with Crippen LogP contribution in [0.3, 0.4) is 0 Å². The molecule has 0 fully saturated rings. The molecule has 0 aliphatic heterocycles. The molecule has 0 spiro atoms. The quantitative estimate of drug-likeness (QED) is 0.723. The van der Waals surface area contributed by atoms with Crippen LogP contribution in [0.1, 0.15) is 38.8 Å².